The number of carboxylic acids is 1. The highest BCUT2D eigenvalue weighted by atomic mass is 32.2. The summed E-state index contributed by atoms with van der Waals surface area (Å²) in [5, 5.41) is 11.6. The predicted octanol–water partition coefficient (Wildman–Crippen LogP) is 2.36. The number of hydrogen-bond acceptors (Lipinski definition) is 6. The number of ether oxygens (including phenoxy) is 1. The minimum Gasteiger partial charge on any atom is -0.479 e. The average molecular weight is 472 g/mol. The highest BCUT2D eigenvalue weighted by Gasteiger charge is 2.50. The smallest absolute Gasteiger partial charge is 0.336 e. The maximum atomic E-state index is 12.9. The molecule has 10 heteroatoms. The maximum absolute atomic E-state index is 12.9. The van der Waals surface area contributed by atoms with Gasteiger partial charge in [-0.25, -0.2) is 17.6 Å². The number of aliphatic carboxylic acids is 1. The second-order valence-corrected chi connectivity index (χ2v) is 10.5. The van der Waals surface area contributed by atoms with E-state index in [0.717, 1.165) is 12.1 Å². The van der Waals surface area contributed by atoms with Crippen LogP contribution in [0.15, 0.2) is 29.2 Å². The van der Waals surface area contributed by atoms with Gasteiger partial charge in [-0.15, -0.1) is 0 Å². The van der Waals surface area contributed by atoms with Gasteiger partial charge in [-0.1, -0.05) is 20.3 Å². The number of nitrogens with one attached hydrogen (secondary N) is 1. The van der Waals surface area contributed by atoms with E-state index in [1.165, 1.54) is 12.1 Å². The van der Waals surface area contributed by atoms with Crippen LogP contribution in [0.25, 0.3) is 0 Å². The molecule has 1 aliphatic rings. The summed E-state index contributed by atoms with van der Waals surface area (Å²) in [5.41, 5.74) is 0. The summed E-state index contributed by atoms with van der Waals surface area (Å²) in [6, 6.07) is 4.70. The first-order valence-electron chi connectivity index (χ1n) is 10.7. The van der Waals surface area contributed by atoms with Crippen molar-refractivity contribution in [3.8, 4) is 0 Å². The molecule has 3 atom stereocenters. The topological polar surface area (TPSA) is 130 Å². The fourth-order valence-corrected chi connectivity index (χ4v) is 4.84. The molecule has 0 aliphatic carbocycles. The number of carboxylic acid groups (broad SMARTS) is 1. The monoisotopic (exact) mass is 471 g/mol. The van der Waals surface area contributed by atoms with E-state index < -0.39 is 39.7 Å². The number of amides is 1. The molecule has 1 fully saturated rings. The molecule has 1 heterocycles. The Bertz CT molecular complexity index is 915. The van der Waals surface area contributed by atoms with Gasteiger partial charge < -0.3 is 15.2 Å². The second kappa shape index (κ2) is 11.5. The first-order chi connectivity index (χ1) is 15.0. The van der Waals surface area contributed by atoms with Crippen LogP contribution in [0.3, 0.4) is 0 Å². The minimum atomic E-state index is -3.48. The van der Waals surface area contributed by atoms with Crippen LogP contribution in [0.1, 0.15) is 46.0 Å². The molecule has 0 aromatic heterocycles. The summed E-state index contributed by atoms with van der Waals surface area (Å²) in [6.07, 6.45) is -0.134. The quantitative estimate of drug-likeness (QED) is 0.242. The molecule has 0 radical (unpaired) electrons. The van der Waals surface area contributed by atoms with Crippen LogP contribution in [0, 0.1) is 17.7 Å². The molecule has 1 saturated heterocycles. The molecule has 1 amide bonds. The summed E-state index contributed by atoms with van der Waals surface area (Å²) in [5.74, 6) is -2.81. The number of epoxide rings is 1. The number of benzene rings is 1. The van der Waals surface area contributed by atoms with Gasteiger partial charge >= 0.3 is 5.97 Å². The highest BCUT2D eigenvalue weighted by Crippen LogP contribution is 2.27. The number of Topliss-reactive ketones (excluding diaryl/α,β-unsaturated/α-hetero) is 1. The molecule has 1 aromatic rings. The Kier molecular flexibility index (Phi) is 9.33. The first kappa shape index (κ1) is 25.9. The second-order valence-electron chi connectivity index (χ2n) is 8.44. The summed E-state index contributed by atoms with van der Waals surface area (Å²) >= 11 is 0. The van der Waals surface area contributed by atoms with Gasteiger partial charge in [0.15, 0.2) is 27.8 Å². The van der Waals surface area contributed by atoms with E-state index in [1.807, 2.05) is 13.8 Å². The van der Waals surface area contributed by atoms with E-state index in [9.17, 15) is 27.2 Å². The fourth-order valence-electron chi connectivity index (χ4n) is 3.47. The van der Waals surface area contributed by atoms with E-state index >= 15 is 0 Å². The maximum Gasteiger partial charge on any atom is 0.336 e. The molecule has 1 aromatic carbocycles. The number of unbranched alkanes of at least 4 members (excludes halogenated alkanes) is 2. The molecule has 178 valence electrons. The zero-order chi connectivity index (χ0) is 23.9. The van der Waals surface area contributed by atoms with Crippen LogP contribution in [0.2, 0.25) is 0 Å². The molecular formula is C22H30FNO7S. The molecule has 32 heavy (non-hydrogen) atoms. The third kappa shape index (κ3) is 7.98. The number of halogens is 1. The lowest BCUT2D eigenvalue weighted by Gasteiger charge is -2.18. The molecule has 2 N–H and O–H groups in total. The van der Waals surface area contributed by atoms with Crippen LogP contribution in [0.5, 0.6) is 0 Å². The fraction of sp³-hybridized carbons (Fsp3) is 0.591. The van der Waals surface area contributed by atoms with Crippen molar-refractivity contribution in [1.82, 2.24) is 5.32 Å². The summed E-state index contributed by atoms with van der Waals surface area (Å²) in [7, 11) is -3.48. The zero-order valence-corrected chi connectivity index (χ0v) is 19.1. The SMILES string of the molecule is CC(C)C[C@H](CC(=O)C1O[C@@H]1C(=O)O)C(=O)NCCCCCS(=O)(=O)c1ccc(F)cc1. The van der Waals surface area contributed by atoms with Gasteiger partial charge in [-0.05, 0) is 49.4 Å². The number of carbonyl (C=O) groups excluding carboxylic acids is 2. The van der Waals surface area contributed by atoms with Crippen molar-refractivity contribution in [2.75, 3.05) is 12.3 Å². The molecule has 8 nitrogen and oxygen atoms in total. The molecule has 2 rings (SSSR count). The van der Waals surface area contributed by atoms with E-state index in [1.54, 1.807) is 0 Å². The molecule has 0 saturated carbocycles. The summed E-state index contributed by atoms with van der Waals surface area (Å²) < 4.78 is 42.3. The Morgan fingerprint density at radius 1 is 1.09 bits per heavy atom. The number of rotatable bonds is 14. The van der Waals surface area contributed by atoms with Gasteiger partial charge in [0, 0.05) is 18.9 Å². The standard InChI is InChI=1S/C22H30FNO7S/c1-14(2)12-15(13-18(25)19-20(31-19)22(27)28)21(26)24-10-4-3-5-11-32(29,30)17-8-6-16(23)7-9-17/h6-9,14-15,19-20H,3-5,10-13H2,1-2H3,(H,24,26)(H,27,28)/t15-,19?,20+/m1/s1. The van der Waals surface area contributed by atoms with Crippen molar-refractivity contribution in [2.24, 2.45) is 11.8 Å². The zero-order valence-electron chi connectivity index (χ0n) is 18.3. The molecular weight excluding hydrogens is 441 g/mol. The lowest BCUT2D eigenvalue weighted by atomic mass is 9.90. The number of carbonyl (C=O) groups is 3. The van der Waals surface area contributed by atoms with Gasteiger partial charge in [0.2, 0.25) is 5.91 Å². The van der Waals surface area contributed by atoms with Gasteiger partial charge in [0.25, 0.3) is 0 Å². The summed E-state index contributed by atoms with van der Waals surface area (Å²) in [4.78, 5) is 35.7. The Labute approximate surface area is 187 Å². The van der Waals surface area contributed by atoms with Crippen molar-refractivity contribution < 1.29 is 37.0 Å². The van der Waals surface area contributed by atoms with Crippen molar-refractivity contribution >= 4 is 27.5 Å². The number of hydrogen-bond donors (Lipinski definition) is 2. The van der Waals surface area contributed by atoms with Crippen molar-refractivity contribution in [3.63, 3.8) is 0 Å². The van der Waals surface area contributed by atoms with E-state index in [4.69, 9.17) is 9.84 Å². The Morgan fingerprint density at radius 3 is 2.31 bits per heavy atom. The van der Waals surface area contributed by atoms with Crippen molar-refractivity contribution in [3.05, 3.63) is 30.1 Å². The third-order valence-corrected chi connectivity index (χ3v) is 7.00. The van der Waals surface area contributed by atoms with Crippen molar-refractivity contribution in [1.29, 1.82) is 0 Å². The Morgan fingerprint density at radius 2 is 1.75 bits per heavy atom. The van der Waals surface area contributed by atoms with Crippen LogP contribution < -0.4 is 5.32 Å². The van der Waals surface area contributed by atoms with Gasteiger partial charge in [-0.2, -0.15) is 0 Å². The number of ketones is 1. The Hall–Kier alpha value is -2.33. The third-order valence-electron chi connectivity index (χ3n) is 5.19. The van der Waals surface area contributed by atoms with Gasteiger partial charge in [0.1, 0.15) is 5.82 Å². The van der Waals surface area contributed by atoms with Crippen LogP contribution in [0.4, 0.5) is 4.39 Å². The van der Waals surface area contributed by atoms with Crippen LogP contribution in [-0.2, 0) is 29.0 Å². The summed E-state index contributed by atoms with van der Waals surface area (Å²) in [6.45, 7) is 4.20. The Balaban J connectivity index is 1.72. The molecule has 0 bridgehead atoms. The lowest BCUT2D eigenvalue weighted by molar-refractivity contribution is -0.138. The van der Waals surface area contributed by atoms with Crippen molar-refractivity contribution in [2.45, 2.75) is 63.1 Å². The minimum absolute atomic E-state index is 0.0663. The first-order valence-corrected chi connectivity index (χ1v) is 12.3. The van der Waals surface area contributed by atoms with E-state index in [0.29, 0.717) is 32.2 Å². The molecule has 1 aliphatic heterocycles. The van der Waals surface area contributed by atoms with Gasteiger partial charge in [0.05, 0.1) is 10.6 Å². The van der Waals surface area contributed by atoms with Crippen LogP contribution in [-0.4, -0.2) is 55.7 Å². The van der Waals surface area contributed by atoms with E-state index in [2.05, 4.69) is 5.32 Å². The molecule has 1 unspecified atom stereocenters. The molecule has 0 spiro atoms. The number of sulfone groups is 1. The van der Waals surface area contributed by atoms with Crippen LogP contribution >= 0.6 is 0 Å². The largest absolute Gasteiger partial charge is 0.479 e. The average Bonchev–Trinajstić information content (AvgIpc) is 3.51. The van der Waals surface area contributed by atoms with Gasteiger partial charge in [-0.3, -0.25) is 9.59 Å². The highest BCUT2D eigenvalue weighted by molar-refractivity contribution is 7.91. The lowest BCUT2D eigenvalue weighted by Crippen LogP contribution is -2.34. The predicted molar refractivity (Wildman–Crippen MR) is 114 cm³/mol. The van der Waals surface area contributed by atoms with E-state index in [-0.39, 0.29) is 34.7 Å². The normalized spacial score (nSPS) is 18.9.